The van der Waals surface area contributed by atoms with Crippen LogP contribution >= 0.6 is 11.8 Å². The predicted molar refractivity (Wildman–Crippen MR) is 173 cm³/mol. The molecule has 4 aromatic carbocycles. The van der Waals surface area contributed by atoms with E-state index in [0.29, 0.717) is 11.3 Å². The van der Waals surface area contributed by atoms with Crippen LogP contribution < -0.4 is 20.9 Å². The van der Waals surface area contributed by atoms with E-state index in [4.69, 9.17) is 0 Å². The smallest absolute Gasteiger partial charge is 0.272 e. The molecule has 0 fully saturated rings. The molecule has 0 aromatic heterocycles. The molecule has 214 valence electrons. The monoisotopic (exact) mass is 578 g/mol. The maximum Gasteiger partial charge on any atom is 0.272 e. The van der Waals surface area contributed by atoms with Crippen LogP contribution in [-0.4, -0.2) is 37.1 Å². The van der Waals surface area contributed by atoms with Crippen molar-refractivity contribution in [2.75, 3.05) is 29.6 Å². The topological polar surface area (TPSA) is 90.5 Å². The molecule has 4 aromatic rings. The molecule has 0 saturated heterocycles. The molecule has 0 aliphatic rings. The molecule has 7 nitrogen and oxygen atoms in total. The SMILES string of the molecule is Cc1cccc(NC(=O)C(C)Sc2cccc(NC(=O)/C(=C\c3ccc(N(C)C)cc3)NC(=O)c3ccccc3)c2)c1. The molecule has 3 N–H and O–H groups in total. The standard InChI is InChI=1S/C34H34N4O3S/c1-23-10-8-13-27(20-23)35-32(39)24(2)42-30-15-9-14-28(22-30)36-34(41)31(37-33(40)26-11-6-5-7-12-26)21-25-16-18-29(19-17-25)38(3)4/h5-22,24H,1-4H3,(H,35,39)(H,36,41)(H,37,40)/b31-21+. The lowest BCUT2D eigenvalue weighted by atomic mass is 10.1. The van der Waals surface area contributed by atoms with E-state index in [1.807, 2.05) is 106 Å². The number of rotatable bonds is 10. The van der Waals surface area contributed by atoms with Gasteiger partial charge in [0.1, 0.15) is 5.70 Å². The molecule has 42 heavy (non-hydrogen) atoms. The molecule has 0 saturated carbocycles. The van der Waals surface area contributed by atoms with Crippen LogP contribution in [0.2, 0.25) is 0 Å². The minimum Gasteiger partial charge on any atom is -0.378 e. The zero-order chi connectivity index (χ0) is 30.1. The van der Waals surface area contributed by atoms with Gasteiger partial charge in [-0.2, -0.15) is 0 Å². The number of nitrogens with one attached hydrogen (secondary N) is 3. The van der Waals surface area contributed by atoms with Crippen molar-refractivity contribution >= 4 is 52.6 Å². The molecular weight excluding hydrogens is 544 g/mol. The summed E-state index contributed by atoms with van der Waals surface area (Å²) in [6.45, 7) is 3.81. The summed E-state index contributed by atoms with van der Waals surface area (Å²) in [6.07, 6.45) is 1.64. The van der Waals surface area contributed by atoms with E-state index >= 15 is 0 Å². The highest BCUT2D eigenvalue weighted by Gasteiger charge is 2.17. The molecule has 0 heterocycles. The quantitative estimate of drug-likeness (QED) is 0.146. The molecule has 0 aliphatic heterocycles. The van der Waals surface area contributed by atoms with Crippen LogP contribution in [0.5, 0.6) is 0 Å². The number of aryl methyl sites for hydroxylation is 1. The molecule has 4 rings (SSSR count). The number of amides is 3. The fourth-order valence-corrected chi connectivity index (χ4v) is 4.97. The Morgan fingerprint density at radius 2 is 1.45 bits per heavy atom. The second kappa shape index (κ2) is 14.2. The molecule has 8 heteroatoms. The van der Waals surface area contributed by atoms with E-state index in [2.05, 4.69) is 16.0 Å². The van der Waals surface area contributed by atoms with Crippen molar-refractivity contribution < 1.29 is 14.4 Å². The van der Waals surface area contributed by atoms with Gasteiger partial charge in [-0.25, -0.2) is 0 Å². The average Bonchev–Trinajstić information content (AvgIpc) is 2.97. The van der Waals surface area contributed by atoms with Gasteiger partial charge in [0, 0.05) is 41.6 Å². The number of thioether (sulfide) groups is 1. The number of benzene rings is 4. The molecule has 0 aliphatic carbocycles. The van der Waals surface area contributed by atoms with Crippen LogP contribution in [0.3, 0.4) is 0 Å². The third-order valence-electron chi connectivity index (χ3n) is 6.31. The van der Waals surface area contributed by atoms with Crippen LogP contribution in [0.4, 0.5) is 17.1 Å². The molecule has 1 atom stereocenters. The molecule has 0 bridgehead atoms. The van der Waals surface area contributed by atoms with Crippen molar-refractivity contribution in [1.29, 1.82) is 0 Å². The minimum absolute atomic E-state index is 0.102. The lowest BCUT2D eigenvalue weighted by Gasteiger charge is -2.15. The summed E-state index contributed by atoms with van der Waals surface area (Å²) in [6, 6.07) is 31.3. The van der Waals surface area contributed by atoms with Crippen molar-refractivity contribution in [2.45, 2.75) is 24.0 Å². The van der Waals surface area contributed by atoms with Gasteiger partial charge in [-0.3, -0.25) is 14.4 Å². The second-order valence-corrected chi connectivity index (χ2v) is 11.4. The average molecular weight is 579 g/mol. The lowest BCUT2D eigenvalue weighted by Crippen LogP contribution is -2.30. The Kier molecular flexibility index (Phi) is 10.2. The largest absolute Gasteiger partial charge is 0.378 e. The molecule has 1 unspecified atom stereocenters. The summed E-state index contributed by atoms with van der Waals surface area (Å²) in [5, 5.41) is 8.24. The normalized spacial score (nSPS) is 11.8. The number of hydrogen-bond donors (Lipinski definition) is 3. The molecule has 3 amide bonds. The minimum atomic E-state index is -0.469. The first kappa shape index (κ1) is 30.1. The number of carbonyl (C=O) groups excluding carboxylic acids is 3. The molecule has 0 spiro atoms. The van der Waals surface area contributed by atoms with Gasteiger partial charge in [0.05, 0.1) is 5.25 Å². The Hall–Kier alpha value is -4.82. The van der Waals surface area contributed by atoms with E-state index in [-0.39, 0.29) is 22.8 Å². The second-order valence-electron chi connectivity index (χ2n) is 9.96. The lowest BCUT2D eigenvalue weighted by molar-refractivity contribution is -0.115. The Bertz CT molecular complexity index is 1580. The van der Waals surface area contributed by atoms with Crippen LogP contribution in [0.25, 0.3) is 6.08 Å². The predicted octanol–water partition coefficient (Wildman–Crippen LogP) is 6.59. The maximum absolute atomic E-state index is 13.5. The summed E-state index contributed by atoms with van der Waals surface area (Å²) in [7, 11) is 3.90. The molecule has 0 radical (unpaired) electrons. The van der Waals surface area contributed by atoms with Crippen LogP contribution in [0.1, 0.15) is 28.4 Å². The summed E-state index contributed by atoms with van der Waals surface area (Å²) < 4.78 is 0. The van der Waals surface area contributed by atoms with Crippen molar-refractivity contribution in [3.8, 4) is 0 Å². The fraction of sp³-hybridized carbons (Fsp3) is 0.147. The Balaban J connectivity index is 1.49. The number of anilines is 3. The highest BCUT2D eigenvalue weighted by molar-refractivity contribution is 8.00. The van der Waals surface area contributed by atoms with E-state index in [1.165, 1.54) is 11.8 Å². The first-order valence-electron chi connectivity index (χ1n) is 13.5. The van der Waals surface area contributed by atoms with Crippen molar-refractivity contribution in [3.05, 3.63) is 126 Å². The van der Waals surface area contributed by atoms with Crippen molar-refractivity contribution in [3.63, 3.8) is 0 Å². The zero-order valence-electron chi connectivity index (χ0n) is 24.0. The first-order valence-corrected chi connectivity index (χ1v) is 14.4. The maximum atomic E-state index is 13.5. The summed E-state index contributed by atoms with van der Waals surface area (Å²) >= 11 is 1.39. The van der Waals surface area contributed by atoms with Gasteiger partial charge in [-0.1, -0.05) is 48.5 Å². The Labute approximate surface area is 251 Å². The van der Waals surface area contributed by atoms with Crippen LogP contribution in [0.15, 0.2) is 114 Å². The number of nitrogens with zero attached hydrogens (tertiary/aromatic N) is 1. The fourth-order valence-electron chi connectivity index (χ4n) is 4.05. The number of carbonyl (C=O) groups is 3. The van der Waals surface area contributed by atoms with E-state index in [9.17, 15) is 14.4 Å². The Morgan fingerprint density at radius 3 is 2.12 bits per heavy atom. The van der Waals surface area contributed by atoms with E-state index < -0.39 is 5.91 Å². The van der Waals surface area contributed by atoms with E-state index in [1.54, 1.807) is 36.4 Å². The Morgan fingerprint density at radius 1 is 0.786 bits per heavy atom. The van der Waals surface area contributed by atoms with Crippen molar-refractivity contribution in [1.82, 2.24) is 5.32 Å². The van der Waals surface area contributed by atoms with Gasteiger partial charge >= 0.3 is 0 Å². The van der Waals surface area contributed by atoms with Gasteiger partial charge in [0.25, 0.3) is 11.8 Å². The van der Waals surface area contributed by atoms with Crippen LogP contribution in [-0.2, 0) is 9.59 Å². The first-order chi connectivity index (χ1) is 20.2. The van der Waals surface area contributed by atoms with Gasteiger partial charge in [-0.05, 0) is 85.6 Å². The summed E-state index contributed by atoms with van der Waals surface area (Å²) in [5.74, 6) is -0.975. The highest BCUT2D eigenvalue weighted by atomic mass is 32.2. The van der Waals surface area contributed by atoms with Crippen LogP contribution in [0, 0.1) is 6.92 Å². The highest BCUT2D eigenvalue weighted by Crippen LogP contribution is 2.27. The summed E-state index contributed by atoms with van der Waals surface area (Å²) in [5.41, 5.74) is 4.68. The van der Waals surface area contributed by atoms with Gasteiger partial charge in [0.15, 0.2) is 0 Å². The summed E-state index contributed by atoms with van der Waals surface area (Å²) in [4.78, 5) is 42.0. The van der Waals surface area contributed by atoms with E-state index in [0.717, 1.165) is 27.4 Å². The number of hydrogen-bond acceptors (Lipinski definition) is 5. The third-order valence-corrected chi connectivity index (χ3v) is 7.40. The third kappa shape index (κ3) is 8.59. The molecular formula is C34H34N4O3S. The van der Waals surface area contributed by atoms with Gasteiger partial charge < -0.3 is 20.9 Å². The zero-order valence-corrected chi connectivity index (χ0v) is 24.9. The van der Waals surface area contributed by atoms with Gasteiger partial charge in [0.2, 0.25) is 5.91 Å². The van der Waals surface area contributed by atoms with Crippen molar-refractivity contribution in [2.24, 2.45) is 0 Å². The van der Waals surface area contributed by atoms with Gasteiger partial charge in [-0.15, -0.1) is 11.8 Å².